The Morgan fingerprint density at radius 2 is 2.04 bits per heavy atom. The Balaban J connectivity index is 1.38. The lowest BCUT2D eigenvalue weighted by molar-refractivity contribution is -0.133. The number of nitrogens with zero attached hydrogens (tertiary/aromatic N) is 3. The number of anilines is 1. The number of benzene rings is 1. The number of hydrogen-bond donors (Lipinski definition) is 0. The zero-order valence-corrected chi connectivity index (χ0v) is 17.1. The van der Waals surface area contributed by atoms with Gasteiger partial charge in [-0.3, -0.25) is 9.59 Å². The number of ether oxygens (including phenoxy) is 1. The van der Waals surface area contributed by atoms with Crippen molar-refractivity contribution < 1.29 is 9.53 Å². The highest BCUT2D eigenvalue weighted by atomic mass is 35.5. The molecule has 0 saturated carbocycles. The number of rotatable bonds is 4. The SMILES string of the molecule is COc1cccc(N2CC(CC(=O)N3Cc4c(C)c(Cl)c(=O)n(C)c4C3)C2)c1. The lowest BCUT2D eigenvalue weighted by Gasteiger charge is -2.41. The van der Waals surface area contributed by atoms with Crippen LogP contribution in [0.3, 0.4) is 0 Å². The van der Waals surface area contributed by atoms with E-state index in [1.807, 2.05) is 30.0 Å². The average molecular weight is 402 g/mol. The van der Waals surface area contributed by atoms with Crippen molar-refractivity contribution in [3.8, 4) is 5.75 Å². The summed E-state index contributed by atoms with van der Waals surface area (Å²) in [5, 5.41) is 0.253. The molecule has 1 aromatic heterocycles. The Morgan fingerprint density at radius 3 is 2.75 bits per heavy atom. The molecular formula is C21H24ClN3O3. The third-order valence-corrected chi connectivity index (χ3v) is 6.35. The van der Waals surface area contributed by atoms with Gasteiger partial charge in [-0.1, -0.05) is 17.7 Å². The fraction of sp³-hybridized carbons (Fsp3) is 0.429. The van der Waals surface area contributed by atoms with Gasteiger partial charge in [-0.2, -0.15) is 0 Å². The number of methoxy groups -OCH3 is 1. The summed E-state index contributed by atoms with van der Waals surface area (Å²) in [7, 11) is 3.38. The molecule has 6 nitrogen and oxygen atoms in total. The van der Waals surface area contributed by atoms with Gasteiger partial charge in [0.2, 0.25) is 5.91 Å². The second-order valence-electron chi connectivity index (χ2n) is 7.65. The Bertz CT molecular complexity index is 995. The highest BCUT2D eigenvalue weighted by Gasteiger charge is 2.33. The zero-order chi connectivity index (χ0) is 20.0. The number of carbonyl (C=O) groups excluding carboxylic acids is 1. The summed E-state index contributed by atoms with van der Waals surface area (Å²) in [4.78, 5) is 29.1. The van der Waals surface area contributed by atoms with Crippen molar-refractivity contribution in [1.29, 1.82) is 0 Å². The maximum absolute atomic E-state index is 12.8. The van der Waals surface area contributed by atoms with Crippen molar-refractivity contribution in [2.45, 2.75) is 26.4 Å². The van der Waals surface area contributed by atoms with E-state index in [1.54, 1.807) is 18.7 Å². The average Bonchev–Trinajstić information content (AvgIpc) is 3.13. The number of carbonyl (C=O) groups is 1. The van der Waals surface area contributed by atoms with Gasteiger partial charge in [-0.05, 0) is 30.2 Å². The molecule has 7 heteroatoms. The topological polar surface area (TPSA) is 54.8 Å². The number of fused-ring (bicyclic) bond motifs is 1. The van der Waals surface area contributed by atoms with Crippen LogP contribution in [0.25, 0.3) is 0 Å². The molecule has 0 radical (unpaired) electrons. The van der Waals surface area contributed by atoms with E-state index in [9.17, 15) is 9.59 Å². The van der Waals surface area contributed by atoms with Gasteiger partial charge < -0.3 is 19.1 Å². The summed E-state index contributed by atoms with van der Waals surface area (Å²) in [6.45, 7) is 4.59. The molecule has 0 atom stereocenters. The normalized spacial score (nSPS) is 16.1. The van der Waals surface area contributed by atoms with Crippen LogP contribution in [0.1, 0.15) is 23.2 Å². The van der Waals surface area contributed by atoms with Crippen LogP contribution in [0.5, 0.6) is 5.75 Å². The first-order valence-corrected chi connectivity index (χ1v) is 9.80. The molecule has 1 aromatic carbocycles. The van der Waals surface area contributed by atoms with Crippen LogP contribution in [0.15, 0.2) is 29.1 Å². The molecule has 0 bridgehead atoms. The van der Waals surface area contributed by atoms with Crippen LogP contribution in [-0.4, -0.2) is 35.6 Å². The molecule has 0 unspecified atom stereocenters. The quantitative estimate of drug-likeness (QED) is 0.790. The third-order valence-electron chi connectivity index (χ3n) is 5.91. The summed E-state index contributed by atoms with van der Waals surface area (Å²) >= 11 is 6.15. The molecule has 0 N–H and O–H groups in total. The second-order valence-corrected chi connectivity index (χ2v) is 8.03. The molecule has 148 valence electrons. The first-order chi connectivity index (χ1) is 13.4. The fourth-order valence-corrected chi connectivity index (χ4v) is 4.33. The van der Waals surface area contributed by atoms with E-state index in [4.69, 9.17) is 16.3 Å². The smallest absolute Gasteiger partial charge is 0.269 e. The number of pyridine rings is 1. The summed E-state index contributed by atoms with van der Waals surface area (Å²) in [6.07, 6.45) is 0.523. The van der Waals surface area contributed by atoms with E-state index in [0.29, 0.717) is 25.4 Å². The van der Waals surface area contributed by atoms with Gasteiger partial charge in [0.05, 0.1) is 13.7 Å². The van der Waals surface area contributed by atoms with Crippen molar-refractivity contribution >= 4 is 23.2 Å². The second kappa shape index (κ2) is 7.17. The van der Waals surface area contributed by atoms with E-state index in [2.05, 4.69) is 11.0 Å². The molecule has 0 spiro atoms. The van der Waals surface area contributed by atoms with Crippen LogP contribution in [0.4, 0.5) is 5.69 Å². The molecule has 2 aliphatic heterocycles. The molecule has 3 heterocycles. The van der Waals surface area contributed by atoms with Crippen LogP contribution in [0, 0.1) is 12.8 Å². The van der Waals surface area contributed by atoms with Crippen molar-refractivity contribution in [3.63, 3.8) is 0 Å². The monoisotopic (exact) mass is 401 g/mol. The predicted octanol–water partition coefficient (Wildman–Crippen LogP) is 2.72. The first-order valence-electron chi connectivity index (χ1n) is 9.42. The Morgan fingerprint density at radius 1 is 1.29 bits per heavy atom. The maximum Gasteiger partial charge on any atom is 0.269 e. The molecule has 1 saturated heterocycles. The minimum Gasteiger partial charge on any atom is -0.497 e. The van der Waals surface area contributed by atoms with Gasteiger partial charge in [-0.25, -0.2) is 0 Å². The van der Waals surface area contributed by atoms with E-state index in [0.717, 1.165) is 41.3 Å². The van der Waals surface area contributed by atoms with Gasteiger partial charge in [0.15, 0.2) is 0 Å². The van der Waals surface area contributed by atoms with Gasteiger partial charge in [0.1, 0.15) is 10.8 Å². The van der Waals surface area contributed by atoms with Gasteiger partial charge in [0, 0.05) is 56.5 Å². The van der Waals surface area contributed by atoms with Crippen molar-refractivity contribution in [1.82, 2.24) is 9.47 Å². The molecule has 1 amide bonds. The number of hydrogen-bond acceptors (Lipinski definition) is 4. The van der Waals surface area contributed by atoms with Crippen molar-refractivity contribution in [2.75, 3.05) is 25.1 Å². The third kappa shape index (κ3) is 3.15. The van der Waals surface area contributed by atoms with E-state index in [-0.39, 0.29) is 16.5 Å². The summed E-state index contributed by atoms with van der Waals surface area (Å²) < 4.78 is 6.85. The molecule has 4 rings (SSSR count). The number of halogens is 1. The molecule has 1 fully saturated rings. The Kier molecular flexibility index (Phi) is 4.83. The van der Waals surface area contributed by atoms with E-state index < -0.39 is 0 Å². The molecule has 0 aliphatic carbocycles. The van der Waals surface area contributed by atoms with E-state index in [1.165, 1.54) is 0 Å². The maximum atomic E-state index is 12.8. The molecule has 2 aromatic rings. The van der Waals surface area contributed by atoms with Crippen LogP contribution in [0.2, 0.25) is 5.02 Å². The van der Waals surface area contributed by atoms with Crippen LogP contribution < -0.4 is 15.2 Å². The Labute approximate surface area is 169 Å². The largest absolute Gasteiger partial charge is 0.497 e. The standard InChI is InChI=1S/C21H24ClN3O3/c1-13-17-11-25(12-18(17)23(2)21(27)20(13)22)19(26)7-14-9-24(10-14)15-5-4-6-16(8-15)28-3/h4-6,8,14H,7,9-12H2,1-3H3. The van der Waals surface area contributed by atoms with E-state index >= 15 is 0 Å². The number of aromatic nitrogens is 1. The molecule has 2 aliphatic rings. The van der Waals surface area contributed by atoms with Gasteiger partial charge >= 0.3 is 0 Å². The van der Waals surface area contributed by atoms with Crippen molar-refractivity contribution in [3.05, 3.63) is 56.5 Å². The van der Waals surface area contributed by atoms with Gasteiger partial charge in [0.25, 0.3) is 5.56 Å². The number of amides is 1. The summed E-state index contributed by atoms with van der Waals surface area (Å²) in [5.74, 6) is 1.32. The lowest BCUT2D eigenvalue weighted by atomic mass is 9.95. The van der Waals surface area contributed by atoms with Crippen LogP contribution >= 0.6 is 11.6 Å². The molecule has 28 heavy (non-hydrogen) atoms. The Hall–Kier alpha value is -2.47. The minimum absolute atomic E-state index is 0.134. The first kappa shape index (κ1) is 18.9. The highest BCUT2D eigenvalue weighted by Crippen LogP contribution is 2.32. The molecular weight excluding hydrogens is 378 g/mol. The predicted molar refractivity (Wildman–Crippen MR) is 109 cm³/mol. The lowest BCUT2D eigenvalue weighted by Crippen LogP contribution is -2.48. The van der Waals surface area contributed by atoms with Crippen molar-refractivity contribution in [2.24, 2.45) is 13.0 Å². The highest BCUT2D eigenvalue weighted by molar-refractivity contribution is 6.31. The summed E-state index contributed by atoms with van der Waals surface area (Å²) in [6, 6.07) is 7.98. The summed E-state index contributed by atoms with van der Waals surface area (Å²) in [5.41, 5.74) is 3.62. The van der Waals surface area contributed by atoms with Crippen LogP contribution in [-0.2, 0) is 24.9 Å². The fourth-order valence-electron chi connectivity index (χ4n) is 4.09. The zero-order valence-electron chi connectivity index (χ0n) is 16.4. The minimum atomic E-state index is -0.194. The van der Waals surface area contributed by atoms with Gasteiger partial charge in [-0.15, -0.1) is 0 Å².